The van der Waals surface area contributed by atoms with E-state index in [0.717, 1.165) is 0 Å². The number of rotatable bonds is 2. The van der Waals surface area contributed by atoms with Crippen molar-refractivity contribution in [1.29, 1.82) is 0 Å². The first kappa shape index (κ1) is 8.60. The third-order valence-electron chi connectivity index (χ3n) is 1.66. The molecular formula is C9H13NS. The maximum absolute atomic E-state index is 4.08. The van der Waals surface area contributed by atoms with Crippen LogP contribution >= 0.6 is 11.8 Å². The molecule has 0 fully saturated rings. The van der Waals surface area contributed by atoms with Gasteiger partial charge in [-0.2, -0.15) is 0 Å². The van der Waals surface area contributed by atoms with Gasteiger partial charge in [0.05, 0.1) is 0 Å². The molecule has 11 heavy (non-hydrogen) atoms. The lowest BCUT2D eigenvalue weighted by atomic mass is 10.1. The summed E-state index contributed by atoms with van der Waals surface area (Å²) in [5, 5.41) is 0. The van der Waals surface area contributed by atoms with E-state index in [0.29, 0.717) is 5.92 Å². The third kappa shape index (κ3) is 1.96. The summed E-state index contributed by atoms with van der Waals surface area (Å²) in [7, 11) is 0. The quantitative estimate of drug-likeness (QED) is 0.628. The Bertz CT molecular complexity index is 233. The predicted octanol–water partition coefficient (Wildman–Crippen LogP) is 2.93. The van der Waals surface area contributed by atoms with E-state index in [1.807, 2.05) is 12.4 Å². The number of pyridine rings is 1. The van der Waals surface area contributed by atoms with Gasteiger partial charge in [-0.15, -0.1) is 11.8 Å². The monoisotopic (exact) mass is 167 g/mol. The zero-order chi connectivity index (χ0) is 8.27. The zero-order valence-electron chi connectivity index (χ0n) is 7.16. The molecule has 0 saturated carbocycles. The predicted molar refractivity (Wildman–Crippen MR) is 50.1 cm³/mol. The molecule has 0 aromatic carbocycles. The standard InChI is InChI=1S/C9H13NS/c1-7(2)8-4-5-10-6-9(8)11-3/h4-7H,1-3H3. The Kier molecular flexibility index (Phi) is 2.94. The first-order chi connectivity index (χ1) is 5.25. The fourth-order valence-electron chi connectivity index (χ4n) is 1.04. The van der Waals surface area contributed by atoms with Crippen molar-refractivity contribution in [3.8, 4) is 0 Å². The van der Waals surface area contributed by atoms with Gasteiger partial charge >= 0.3 is 0 Å². The molecule has 0 aliphatic heterocycles. The summed E-state index contributed by atoms with van der Waals surface area (Å²) in [4.78, 5) is 5.37. The smallest absolute Gasteiger partial charge is 0.0406 e. The highest BCUT2D eigenvalue weighted by atomic mass is 32.2. The molecule has 0 aliphatic rings. The molecule has 1 aromatic heterocycles. The summed E-state index contributed by atoms with van der Waals surface area (Å²) in [6.07, 6.45) is 5.87. The fraction of sp³-hybridized carbons (Fsp3) is 0.444. The van der Waals surface area contributed by atoms with Crippen molar-refractivity contribution in [2.45, 2.75) is 24.7 Å². The van der Waals surface area contributed by atoms with Gasteiger partial charge in [0.15, 0.2) is 0 Å². The van der Waals surface area contributed by atoms with Crippen molar-refractivity contribution in [1.82, 2.24) is 4.98 Å². The van der Waals surface area contributed by atoms with Gasteiger partial charge < -0.3 is 0 Å². The van der Waals surface area contributed by atoms with Crippen LogP contribution in [0.3, 0.4) is 0 Å². The number of hydrogen-bond donors (Lipinski definition) is 0. The Morgan fingerprint density at radius 1 is 1.45 bits per heavy atom. The van der Waals surface area contributed by atoms with E-state index in [4.69, 9.17) is 0 Å². The Morgan fingerprint density at radius 2 is 2.18 bits per heavy atom. The molecule has 0 radical (unpaired) electrons. The van der Waals surface area contributed by atoms with Gasteiger partial charge in [0.2, 0.25) is 0 Å². The second-order valence-electron chi connectivity index (χ2n) is 2.77. The summed E-state index contributed by atoms with van der Waals surface area (Å²) in [6.45, 7) is 4.41. The van der Waals surface area contributed by atoms with Gasteiger partial charge in [-0.05, 0) is 23.8 Å². The van der Waals surface area contributed by atoms with Crippen molar-refractivity contribution >= 4 is 11.8 Å². The van der Waals surface area contributed by atoms with Crippen molar-refractivity contribution in [3.05, 3.63) is 24.0 Å². The van der Waals surface area contributed by atoms with Crippen LogP contribution in [0.15, 0.2) is 23.4 Å². The van der Waals surface area contributed by atoms with Crippen LogP contribution in [0.25, 0.3) is 0 Å². The maximum atomic E-state index is 4.08. The summed E-state index contributed by atoms with van der Waals surface area (Å²) >= 11 is 1.76. The van der Waals surface area contributed by atoms with E-state index in [2.05, 4.69) is 31.2 Å². The minimum absolute atomic E-state index is 0.598. The first-order valence-corrected chi connectivity index (χ1v) is 4.96. The zero-order valence-corrected chi connectivity index (χ0v) is 7.98. The fourth-order valence-corrected chi connectivity index (χ4v) is 1.74. The molecule has 0 N–H and O–H groups in total. The van der Waals surface area contributed by atoms with E-state index in [9.17, 15) is 0 Å². The largest absolute Gasteiger partial charge is 0.264 e. The maximum Gasteiger partial charge on any atom is 0.0406 e. The highest BCUT2D eigenvalue weighted by Crippen LogP contribution is 2.25. The van der Waals surface area contributed by atoms with Crippen LogP contribution in [0.5, 0.6) is 0 Å². The Hall–Kier alpha value is -0.500. The normalized spacial score (nSPS) is 10.5. The average Bonchev–Trinajstić information content (AvgIpc) is 2.04. The van der Waals surface area contributed by atoms with Crippen LogP contribution in [0.1, 0.15) is 25.3 Å². The number of aromatic nitrogens is 1. The van der Waals surface area contributed by atoms with Crippen LogP contribution in [0.4, 0.5) is 0 Å². The molecular weight excluding hydrogens is 154 g/mol. The lowest BCUT2D eigenvalue weighted by molar-refractivity contribution is 0.836. The molecule has 0 bridgehead atoms. The SMILES string of the molecule is CSc1cnccc1C(C)C. The summed E-state index contributed by atoms with van der Waals surface area (Å²) in [5.74, 6) is 0.598. The molecule has 0 saturated heterocycles. The van der Waals surface area contributed by atoms with E-state index in [1.54, 1.807) is 11.8 Å². The van der Waals surface area contributed by atoms with E-state index >= 15 is 0 Å². The van der Waals surface area contributed by atoms with Crippen LogP contribution < -0.4 is 0 Å². The van der Waals surface area contributed by atoms with Crippen LogP contribution in [-0.2, 0) is 0 Å². The minimum atomic E-state index is 0.598. The van der Waals surface area contributed by atoms with Crippen molar-refractivity contribution in [2.24, 2.45) is 0 Å². The molecule has 1 aromatic rings. The second-order valence-corrected chi connectivity index (χ2v) is 3.62. The first-order valence-electron chi connectivity index (χ1n) is 3.73. The third-order valence-corrected chi connectivity index (χ3v) is 2.44. The molecule has 1 heterocycles. The molecule has 60 valence electrons. The van der Waals surface area contributed by atoms with Gasteiger partial charge in [-0.1, -0.05) is 13.8 Å². The molecule has 0 amide bonds. The molecule has 0 unspecified atom stereocenters. The van der Waals surface area contributed by atoms with Crippen LogP contribution in [-0.4, -0.2) is 11.2 Å². The molecule has 0 spiro atoms. The Labute approximate surface area is 72.2 Å². The van der Waals surface area contributed by atoms with Crippen LogP contribution in [0.2, 0.25) is 0 Å². The van der Waals surface area contributed by atoms with Gasteiger partial charge in [0.25, 0.3) is 0 Å². The van der Waals surface area contributed by atoms with Gasteiger partial charge in [0.1, 0.15) is 0 Å². The topological polar surface area (TPSA) is 12.9 Å². The van der Waals surface area contributed by atoms with Crippen LogP contribution in [0, 0.1) is 0 Å². The summed E-state index contributed by atoms with van der Waals surface area (Å²) in [5.41, 5.74) is 1.40. The number of nitrogens with zero attached hydrogens (tertiary/aromatic N) is 1. The highest BCUT2D eigenvalue weighted by Gasteiger charge is 2.03. The second kappa shape index (κ2) is 3.77. The minimum Gasteiger partial charge on any atom is -0.264 e. The van der Waals surface area contributed by atoms with E-state index < -0.39 is 0 Å². The molecule has 0 atom stereocenters. The molecule has 2 heteroatoms. The molecule has 0 aliphatic carbocycles. The van der Waals surface area contributed by atoms with Gasteiger partial charge in [-0.25, -0.2) is 0 Å². The van der Waals surface area contributed by atoms with E-state index in [-0.39, 0.29) is 0 Å². The van der Waals surface area contributed by atoms with Gasteiger partial charge in [-0.3, -0.25) is 4.98 Å². The van der Waals surface area contributed by atoms with Crippen molar-refractivity contribution < 1.29 is 0 Å². The van der Waals surface area contributed by atoms with E-state index in [1.165, 1.54) is 10.5 Å². The van der Waals surface area contributed by atoms with Crippen molar-refractivity contribution in [2.75, 3.05) is 6.26 Å². The average molecular weight is 167 g/mol. The number of thioether (sulfide) groups is 1. The lowest BCUT2D eigenvalue weighted by Gasteiger charge is -2.08. The Morgan fingerprint density at radius 3 is 2.64 bits per heavy atom. The number of hydrogen-bond acceptors (Lipinski definition) is 2. The lowest BCUT2D eigenvalue weighted by Crippen LogP contribution is -1.90. The Balaban J connectivity index is 3.02. The molecule has 1 rings (SSSR count). The van der Waals surface area contributed by atoms with Gasteiger partial charge in [0, 0.05) is 17.3 Å². The highest BCUT2D eigenvalue weighted by molar-refractivity contribution is 7.98. The summed E-state index contributed by atoms with van der Waals surface area (Å²) in [6, 6.07) is 2.09. The summed E-state index contributed by atoms with van der Waals surface area (Å²) < 4.78 is 0. The molecule has 1 nitrogen and oxygen atoms in total. The van der Waals surface area contributed by atoms with Crippen molar-refractivity contribution in [3.63, 3.8) is 0 Å².